The highest BCUT2D eigenvalue weighted by molar-refractivity contribution is 9.10. The van der Waals surface area contributed by atoms with Crippen LogP contribution < -0.4 is 0 Å². The molecule has 2 aromatic rings. The lowest BCUT2D eigenvalue weighted by Crippen LogP contribution is -2.06. The first-order chi connectivity index (χ1) is 8.78. The van der Waals surface area contributed by atoms with Crippen LogP contribution in [0.5, 0.6) is 0 Å². The summed E-state index contributed by atoms with van der Waals surface area (Å²) in [5, 5.41) is 8.03. The first-order valence-corrected chi connectivity index (χ1v) is 6.70. The molecular formula is C13H12BrN3O. The van der Waals surface area contributed by atoms with Crippen LogP contribution in [-0.4, -0.2) is 21.3 Å². The molecule has 18 heavy (non-hydrogen) atoms. The smallest absolute Gasteiger partial charge is 0.172 e. The monoisotopic (exact) mass is 305 g/mol. The molecule has 0 aliphatic heterocycles. The predicted octanol–water partition coefficient (Wildman–Crippen LogP) is 2.78. The van der Waals surface area contributed by atoms with Gasteiger partial charge in [-0.3, -0.25) is 4.79 Å². The molecule has 1 aromatic carbocycles. The van der Waals surface area contributed by atoms with Gasteiger partial charge in [0.05, 0.1) is 12.2 Å². The van der Waals surface area contributed by atoms with E-state index < -0.39 is 0 Å². The van der Waals surface area contributed by atoms with E-state index in [2.05, 4.69) is 26.2 Å². The summed E-state index contributed by atoms with van der Waals surface area (Å²) in [6.45, 7) is 0.667. The van der Waals surface area contributed by atoms with Gasteiger partial charge in [0.15, 0.2) is 6.29 Å². The van der Waals surface area contributed by atoms with E-state index in [1.54, 1.807) is 0 Å². The van der Waals surface area contributed by atoms with E-state index in [9.17, 15) is 4.79 Å². The number of aromatic nitrogens is 3. The molecule has 1 aliphatic carbocycles. The lowest BCUT2D eigenvalue weighted by atomic mass is 10.2. The molecule has 1 heterocycles. The third kappa shape index (κ3) is 2.22. The molecule has 1 aliphatic rings. The van der Waals surface area contributed by atoms with Crippen LogP contribution in [0.2, 0.25) is 0 Å². The summed E-state index contributed by atoms with van der Waals surface area (Å²) in [5.41, 5.74) is 2.64. The van der Waals surface area contributed by atoms with Crippen molar-refractivity contribution >= 4 is 22.2 Å². The molecule has 3 rings (SSSR count). The average molecular weight is 306 g/mol. The van der Waals surface area contributed by atoms with Crippen molar-refractivity contribution in [1.29, 1.82) is 0 Å². The highest BCUT2D eigenvalue weighted by atomic mass is 79.9. The maximum Gasteiger partial charge on any atom is 0.172 e. The fourth-order valence-electron chi connectivity index (χ4n) is 2.07. The van der Waals surface area contributed by atoms with Gasteiger partial charge in [0.2, 0.25) is 0 Å². The molecule has 0 bridgehead atoms. The second-order valence-corrected chi connectivity index (χ2v) is 5.45. The number of hydrogen-bond acceptors (Lipinski definition) is 3. The molecule has 5 heteroatoms. The first-order valence-electron chi connectivity index (χ1n) is 5.91. The Bertz CT molecular complexity index is 572. The van der Waals surface area contributed by atoms with E-state index in [1.165, 1.54) is 0 Å². The summed E-state index contributed by atoms with van der Waals surface area (Å²) in [4.78, 5) is 10.9. The number of benzene rings is 1. The normalized spacial score (nSPS) is 14.7. The van der Waals surface area contributed by atoms with Gasteiger partial charge in [0.1, 0.15) is 5.69 Å². The van der Waals surface area contributed by atoms with Crippen LogP contribution in [0.25, 0.3) is 0 Å². The van der Waals surface area contributed by atoms with Crippen LogP contribution in [0.4, 0.5) is 0 Å². The summed E-state index contributed by atoms with van der Waals surface area (Å²) < 4.78 is 2.91. The molecule has 0 N–H and O–H groups in total. The van der Waals surface area contributed by atoms with E-state index in [4.69, 9.17) is 0 Å². The molecule has 1 fully saturated rings. The summed E-state index contributed by atoms with van der Waals surface area (Å²) in [6, 6.07) is 8.10. The Morgan fingerprint density at radius 1 is 1.33 bits per heavy atom. The van der Waals surface area contributed by atoms with Gasteiger partial charge in [-0.2, -0.15) is 0 Å². The zero-order chi connectivity index (χ0) is 12.5. The third-order valence-electron chi connectivity index (χ3n) is 3.12. The van der Waals surface area contributed by atoms with Crippen molar-refractivity contribution in [3.05, 3.63) is 45.7 Å². The largest absolute Gasteiger partial charge is 0.296 e. The molecule has 0 atom stereocenters. The highest BCUT2D eigenvalue weighted by Crippen LogP contribution is 2.40. The number of aldehydes is 1. The number of rotatable bonds is 4. The van der Waals surface area contributed by atoms with Crippen molar-refractivity contribution in [1.82, 2.24) is 15.0 Å². The Hall–Kier alpha value is -1.49. The number of carbonyl (C=O) groups excluding carboxylic acids is 1. The summed E-state index contributed by atoms with van der Waals surface area (Å²) >= 11 is 3.41. The quantitative estimate of drug-likeness (QED) is 0.816. The van der Waals surface area contributed by atoms with Crippen LogP contribution in [0, 0.1) is 0 Å². The Kier molecular flexibility index (Phi) is 2.99. The van der Waals surface area contributed by atoms with Crippen molar-refractivity contribution in [3.8, 4) is 0 Å². The van der Waals surface area contributed by atoms with Crippen LogP contribution >= 0.6 is 15.9 Å². The number of hydrogen-bond donors (Lipinski definition) is 0. The summed E-state index contributed by atoms with van der Waals surface area (Å²) in [6.07, 6.45) is 3.07. The number of carbonyl (C=O) groups is 1. The molecule has 0 amide bonds. The van der Waals surface area contributed by atoms with Gasteiger partial charge < -0.3 is 0 Å². The standard InChI is InChI=1S/C13H12BrN3O/c14-11-5-1-9(2-6-11)7-17-13(10-3-4-10)12(8-18)15-16-17/h1-2,5-6,8,10H,3-4,7H2. The minimum atomic E-state index is 0.468. The van der Waals surface area contributed by atoms with Gasteiger partial charge in [-0.1, -0.05) is 33.3 Å². The van der Waals surface area contributed by atoms with Crippen LogP contribution in [0.1, 0.15) is 40.5 Å². The van der Waals surface area contributed by atoms with Crippen molar-refractivity contribution in [2.45, 2.75) is 25.3 Å². The second kappa shape index (κ2) is 4.65. The number of halogens is 1. The van der Waals surface area contributed by atoms with Crippen LogP contribution in [0.3, 0.4) is 0 Å². The minimum Gasteiger partial charge on any atom is -0.296 e. The molecular weight excluding hydrogens is 294 g/mol. The number of nitrogens with zero attached hydrogens (tertiary/aromatic N) is 3. The second-order valence-electron chi connectivity index (χ2n) is 4.54. The zero-order valence-corrected chi connectivity index (χ0v) is 11.3. The highest BCUT2D eigenvalue weighted by Gasteiger charge is 2.31. The van der Waals surface area contributed by atoms with Gasteiger partial charge >= 0.3 is 0 Å². The molecule has 0 unspecified atom stereocenters. The molecule has 4 nitrogen and oxygen atoms in total. The van der Waals surface area contributed by atoms with Crippen LogP contribution in [0.15, 0.2) is 28.7 Å². The van der Waals surface area contributed by atoms with Crippen molar-refractivity contribution < 1.29 is 4.79 Å². The van der Waals surface area contributed by atoms with Gasteiger partial charge in [-0.15, -0.1) is 5.10 Å². The van der Waals surface area contributed by atoms with Gasteiger partial charge in [-0.05, 0) is 30.5 Å². The lowest BCUT2D eigenvalue weighted by Gasteiger charge is -2.06. The summed E-state index contributed by atoms with van der Waals surface area (Å²) in [7, 11) is 0. The topological polar surface area (TPSA) is 47.8 Å². The summed E-state index contributed by atoms with van der Waals surface area (Å²) in [5.74, 6) is 0.468. The predicted molar refractivity (Wildman–Crippen MR) is 70.6 cm³/mol. The molecule has 1 aromatic heterocycles. The molecule has 1 saturated carbocycles. The zero-order valence-electron chi connectivity index (χ0n) is 9.71. The van der Waals surface area contributed by atoms with Crippen molar-refractivity contribution in [2.24, 2.45) is 0 Å². The lowest BCUT2D eigenvalue weighted by molar-refractivity contribution is 0.111. The van der Waals surface area contributed by atoms with Gasteiger partial charge in [0.25, 0.3) is 0 Å². The van der Waals surface area contributed by atoms with E-state index in [-0.39, 0.29) is 0 Å². The Labute approximate surface area is 113 Å². The van der Waals surface area contributed by atoms with E-state index in [0.717, 1.165) is 34.9 Å². The van der Waals surface area contributed by atoms with Crippen molar-refractivity contribution in [2.75, 3.05) is 0 Å². The minimum absolute atomic E-state index is 0.468. The third-order valence-corrected chi connectivity index (χ3v) is 3.65. The van der Waals surface area contributed by atoms with E-state index in [1.807, 2.05) is 28.9 Å². The Morgan fingerprint density at radius 2 is 2.06 bits per heavy atom. The van der Waals surface area contributed by atoms with E-state index >= 15 is 0 Å². The van der Waals surface area contributed by atoms with Gasteiger partial charge in [0, 0.05) is 10.4 Å². The first kappa shape index (κ1) is 11.6. The molecule has 92 valence electrons. The maximum atomic E-state index is 10.9. The Balaban J connectivity index is 1.90. The molecule has 0 spiro atoms. The fourth-order valence-corrected chi connectivity index (χ4v) is 2.34. The molecule has 0 radical (unpaired) electrons. The van der Waals surface area contributed by atoms with Crippen molar-refractivity contribution in [3.63, 3.8) is 0 Å². The van der Waals surface area contributed by atoms with Crippen LogP contribution in [-0.2, 0) is 6.54 Å². The fraction of sp³-hybridized carbons (Fsp3) is 0.308. The van der Waals surface area contributed by atoms with Gasteiger partial charge in [-0.25, -0.2) is 4.68 Å². The maximum absolute atomic E-state index is 10.9. The molecule has 0 saturated heterocycles. The SMILES string of the molecule is O=Cc1nnn(Cc2ccc(Br)cc2)c1C1CC1. The Morgan fingerprint density at radius 3 is 2.67 bits per heavy atom. The average Bonchev–Trinajstić information content (AvgIpc) is 3.14. The van der Waals surface area contributed by atoms with E-state index in [0.29, 0.717) is 18.2 Å².